The summed E-state index contributed by atoms with van der Waals surface area (Å²) in [6, 6.07) is 14.2. The van der Waals surface area contributed by atoms with E-state index in [1.807, 2.05) is 24.3 Å². The predicted octanol–water partition coefficient (Wildman–Crippen LogP) is 3.58. The summed E-state index contributed by atoms with van der Waals surface area (Å²) in [5.41, 5.74) is 2.23. The molecule has 2 heterocycles. The predicted molar refractivity (Wildman–Crippen MR) is 120 cm³/mol. The number of thioether (sulfide) groups is 1. The van der Waals surface area contributed by atoms with Crippen LogP contribution in [0.15, 0.2) is 53.7 Å². The summed E-state index contributed by atoms with van der Waals surface area (Å²) in [7, 11) is 1.76. The Morgan fingerprint density at radius 1 is 1.13 bits per heavy atom. The number of nitrogens with zero attached hydrogens (tertiary/aromatic N) is 4. The highest BCUT2D eigenvalue weighted by Gasteiger charge is 2.21. The second kappa shape index (κ2) is 9.49. The van der Waals surface area contributed by atoms with Gasteiger partial charge in [0.05, 0.1) is 24.0 Å². The van der Waals surface area contributed by atoms with E-state index in [1.165, 1.54) is 17.8 Å². The fourth-order valence-electron chi connectivity index (χ4n) is 3.33. The van der Waals surface area contributed by atoms with E-state index in [-0.39, 0.29) is 11.7 Å². The SMILES string of the molecule is CC(Sc1nnc(-c2ccccc2F)n1C)C(=O)Nc1ccc(N2CCOCC2)cc1. The molecular formula is C22H24FN5O2S. The number of amides is 1. The molecule has 1 N–H and O–H groups in total. The number of morpholine rings is 1. The number of ether oxygens (including phenoxy) is 1. The second-order valence-electron chi connectivity index (χ2n) is 7.24. The van der Waals surface area contributed by atoms with E-state index >= 15 is 0 Å². The van der Waals surface area contributed by atoms with Crippen molar-refractivity contribution in [2.24, 2.45) is 7.05 Å². The Morgan fingerprint density at radius 3 is 2.55 bits per heavy atom. The van der Waals surface area contributed by atoms with Crippen molar-refractivity contribution in [2.75, 3.05) is 36.5 Å². The van der Waals surface area contributed by atoms with Crippen LogP contribution in [0.2, 0.25) is 0 Å². The molecule has 1 amide bonds. The largest absolute Gasteiger partial charge is 0.378 e. The smallest absolute Gasteiger partial charge is 0.237 e. The summed E-state index contributed by atoms with van der Waals surface area (Å²) in [6.07, 6.45) is 0. The van der Waals surface area contributed by atoms with Crippen molar-refractivity contribution in [3.05, 3.63) is 54.3 Å². The summed E-state index contributed by atoms with van der Waals surface area (Å²) in [4.78, 5) is 14.9. The molecule has 1 saturated heterocycles. The van der Waals surface area contributed by atoms with E-state index < -0.39 is 5.25 Å². The molecule has 0 radical (unpaired) electrons. The van der Waals surface area contributed by atoms with Crippen molar-refractivity contribution in [1.82, 2.24) is 14.8 Å². The first-order valence-corrected chi connectivity index (χ1v) is 11.0. The number of anilines is 2. The Balaban J connectivity index is 1.38. The third-order valence-electron chi connectivity index (χ3n) is 5.11. The number of halogens is 1. The Morgan fingerprint density at radius 2 is 1.84 bits per heavy atom. The molecule has 1 unspecified atom stereocenters. The summed E-state index contributed by atoms with van der Waals surface area (Å²) in [5.74, 6) is -0.0765. The minimum atomic E-state index is -0.407. The van der Waals surface area contributed by atoms with Crippen LogP contribution < -0.4 is 10.2 Å². The summed E-state index contributed by atoms with van der Waals surface area (Å²) < 4.78 is 21.2. The molecule has 0 aliphatic carbocycles. The van der Waals surface area contributed by atoms with Crippen LogP contribution in [0.25, 0.3) is 11.4 Å². The Hall–Kier alpha value is -2.91. The van der Waals surface area contributed by atoms with Gasteiger partial charge in [0.1, 0.15) is 5.82 Å². The average molecular weight is 442 g/mol. The first-order chi connectivity index (χ1) is 15.0. The van der Waals surface area contributed by atoms with Crippen LogP contribution in [-0.2, 0) is 16.6 Å². The van der Waals surface area contributed by atoms with Gasteiger partial charge >= 0.3 is 0 Å². The fourth-order valence-corrected chi connectivity index (χ4v) is 4.14. The minimum Gasteiger partial charge on any atom is -0.378 e. The molecule has 1 aliphatic rings. The molecule has 1 aliphatic heterocycles. The lowest BCUT2D eigenvalue weighted by atomic mass is 10.2. The van der Waals surface area contributed by atoms with Crippen LogP contribution in [0.1, 0.15) is 6.92 Å². The lowest BCUT2D eigenvalue weighted by Crippen LogP contribution is -2.36. The second-order valence-corrected chi connectivity index (χ2v) is 8.55. The van der Waals surface area contributed by atoms with Crippen molar-refractivity contribution in [1.29, 1.82) is 0 Å². The van der Waals surface area contributed by atoms with Gasteiger partial charge in [-0.15, -0.1) is 10.2 Å². The summed E-state index contributed by atoms with van der Waals surface area (Å²) >= 11 is 1.28. The molecule has 31 heavy (non-hydrogen) atoms. The van der Waals surface area contributed by atoms with Crippen LogP contribution in [0.3, 0.4) is 0 Å². The Kier molecular flexibility index (Phi) is 6.53. The van der Waals surface area contributed by atoms with Gasteiger partial charge in [0, 0.05) is 31.5 Å². The van der Waals surface area contributed by atoms with E-state index in [1.54, 1.807) is 36.7 Å². The molecule has 1 atom stereocenters. The average Bonchev–Trinajstić information content (AvgIpc) is 3.15. The molecule has 4 rings (SSSR count). The number of hydrogen-bond donors (Lipinski definition) is 1. The van der Waals surface area contributed by atoms with E-state index in [0.29, 0.717) is 16.5 Å². The molecule has 0 saturated carbocycles. The van der Waals surface area contributed by atoms with Gasteiger partial charge in [-0.2, -0.15) is 0 Å². The molecule has 3 aromatic rings. The van der Waals surface area contributed by atoms with Gasteiger partial charge in [-0.05, 0) is 43.3 Å². The maximum Gasteiger partial charge on any atom is 0.237 e. The third-order valence-corrected chi connectivity index (χ3v) is 6.25. The maximum atomic E-state index is 14.1. The molecule has 0 spiro atoms. The van der Waals surface area contributed by atoms with Crippen molar-refractivity contribution < 1.29 is 13.9 Å². The molecule has 2 aromatic carbocycles. The zero-order chi connectivity index (χ0) is 21.8. The van der Waals surface area contributed by atoms with Crippen molar-refractivity contribution in [2.45, 2.75) is 17.3 Å². The third kappa shape index (κ3) is 4.88. The molecule has 9 heteroatoms. The monoisotopic (exact) mass is 441 g/mol. The number of carbonyl (C=O) groups is 1. The molecule has 1 fully saturated rings. The quantitative estimate of drug-likeness (QED) is 0.590. The Bertz CT molecular complexity index is 1050. The molecule has 0 bridgehead atoms. The minimum absolute atomic E-state index is 0.139. The molecule has 7 nitrogen and oxygen atoms in total. The summed E-state index contributed by atoms with van der Waals surface area (Å²) in [5, 5.41) is 11.3. The Labute approximate surface area is 184 Å². The number of carbonyl (C=O) groups excluding carboxylic acids is 1. The van der Waals surface area contributed by atoms with Crippen molar-refractivity contribution in [3.8, 4) is 11.4 Å². The number of nitrogens with one attached hydrogen (secondary N) is 1. The number of hydrogen-bond acceptors (Lipinski definition) is 6. The van der Waals surface area contributed by atoms with Crippen LogP contribution in [0.5, 0.6) is 0 Å². The highest BCUT2D eigenvalue weighted by atomic mass is 32.2. The van der Waals surface area contributed by atoms with Gasteiger partial charge in [0.15, 0.2) is 11.0 Å². The van der Waals surface area contributed by atoms with Gasteiger partial charge in [-0.1, -0.05) is 23.9 Å². The zero-order valence-electron chi connectivity index (χ0n) is 17.4. The van der Waals surface area contributed by atoms with Crippen molar-refractivity contribution in [3.63, 3.8) is 0 Å². The highest BCUT2D eigenvalue weighted by molar-refractivity contribution is 8.00. The van der Waals surface area contributed by atoms with Crippen LogP contribution in [0.4, 0.5) is 15.8 Å². The standard InChI is InChI=1S/C22H24FN5O2S/c1-15(31-22-26-25-20(27(22)2)18-5-3-4-6-19(18)23)21(29)24-16-7-9-17(10-8-16)28-11-13-30-14-12-28/h3-10,15H,11-14H2,1-2H3,(H,24,29). The number of benzene rings is 2. The first kappa shape index (κ1) is 21.3. The lowest BCUT2D eigenvalue weighted by Gasteiger charge is -2.28. The van der Waals surface area contributed by atoms with E-state index in [0.717, 1.165) is 37.7 Å². The number of aromatic nitrogens is 3. The lowest BCUT2D eigenvalue weighted by molar-refractivity contribution is -0.115. The number of rotatable bonds is 6. The van der Waals surface area contributed by atoms with E-state index in [9.17, 15) is 9.18 Å². The topological polar surface area (TPSA) is 72.3 Å². The maximum absolute atomic E-state index is 14.1. The van der Waals surface area contributed by atoms with Gasteiger partial charge < -0.3 is 19.5 Å². The van der Waals surface area contributed by atoms with Crippen LogP contribution in [-0.4, -0.2) is 52.2 Å². The zero-order valence-corrected chi connectivity index (χ0v) is 18.2. The van der Waals surface area contributed by atoms with Crippen LogP contribution >= 0.6 is 11.8 Å². The first-order valence-electron chi connectivity index (χ1n) is 10.1. The molecule has 162 valence electrons. The summed E-state index contributed by atoms with van der Waals surface area (Å²) in [6.45, 7) is 5.00. The molecule has 1 aromatic heterocycles. The fraction of sp³-hybridized carbons (Fsp3) is 0.318. The van der Waals surface area contributed by atoms with Gasteiger partial charge in [0.2, 0.25) is 5.91 Å². The van der Waals surface area contributed by atoms with Crippen molar-refractivity contribution >= 4 is 29.0 Å². The van der Waals surface area contributed by atoms with E-state index in [4.69, 9.17) is 4.74 Å². The van der Waals surface area contributed by atoms with Gasteiger partial charge in [-0.25, -0.2) is 4.39 Å². The molecular weight excluding hydrogens is 417 g/mol. The van der Waals surface area contributed by atoms with Gasteiger partial charge in [0.25, 0.3) is 0 Å². The van der Waals surface area contributed by atoms with Gasteiger partial charge in [-0.3, -0.25) is 4.79 Å². The normalized spacial score (nSPS) is 15.0. The highest BCUT2D eigenvalue weighted by Crippen LogP contribution is 2.28. The van der Waals surface area contributed by atoms with Crippen LogP contribution in [0, 0.1) is 5.82 Å². The van der Waals surface area contributed by atoms with E-state index in [2.05, 4.69) is 20.4 Å².